The molecule has 0 radical (unpaired) electrons. The Hall–Kier alpha value is -3.41. The summed E-state index contributed by atoms with van der Waals surface area (Å²) in [5.74, 6) is -1.49. The number of carbonyl (C=O) groups is 3. The van der Waals surface area contributed by atoms with Crippen molar-refractivity contribution in [3.63, 3.8) is 0 Å². The third-order valence-corrected chi connectivity index (χ3v) is 5.84. The van der Waals surface area contributed by atoms with Crippen LogP contribution in [0.4, 0.5) is 5.69 Å². The molecule has 1 aliphatic carbocycles. The largest absolute Gasteiger partial charge is 0.481 e. The Labute approximate surface area is 195 Å². The van der Waals surface area contributed by atoms with Crippen LogP contribution >= 0.6 is 0 Å². The number of nitrogens with one attached hydrogen (secondary N) is 2. The molecule has 2 aromatic carbocycles. The third-order valence-electron chi connectivity index (χ3n) is 5.84. The zero-order chi connectivity index (χ0) is 23.5. The lowest BCUT2D eigenvalue weighted by molar-refractivity contribution is -0.138. The molecule has 3 rings (SSSR count). The van der Waals surface area contributed by atoms with E-state index in [-0.39, 0.29) is 30.7 Å². The minimum absolute atomic E-state index is 0.0925. The average Bonchev–Trinajstić information content (AvgIpc) is 2.78. The van der Waals surface area contributed by atoms with Crippen LogP contribution in [0.15, 0.2) is 60.7 Å². The van der Waals surface area contributed by atoms with Gasteiger partial charge in [-0.2, -0.15) is 0 Å². The van der Waals surface area contributed by atoms with E-state index in [1.54, 1.807) is 18.2 Å². The molecule has 0 heterocycles. The van der Waals surface area contributed by atoms with Crippen molar-refractivity contribution in [1.82, 2.24) is 5.32 Å². The number of rotatable bonds is 8. The van der Waals surface area contributed by atoms with Gasteiger partial charge in [0.05, 0.1) is 6.42 Å². The van der Waals surface area contributed by atoms with Crippen LogP contribution in [0.5, 0.6) is 0 Å². The molecular weight excluding hydrogens is 416 g/mol. The monoisotopic (exact) mass is 448 g/mol. The van der Waals surface area contributed by atoms with Crippen LogP contribution in [0.25, 0.3) is 5.57 Å². The molecule has 0 aromatic heterocycles. The Morgan fingerprint density at radius 1 is 0.848 bits per heavy atom. The van der Waals surface area contributed by atoms with Crippen molar-refractivity contribution in [2.45, 2.75) is 63.8 Å². The van der Waals surface area contributed by atoms with Gasteiger partial charge in [-0.25, -0.2) is 0 Å². The van der Waals surface area contributed by atoms with Gasteiger partial charge in [0.15, 0.2) is 0 Å². The fraction of sp³-hybridized carbons (Fsp3) is 0.370. The minimum Gasteiger partial charge on any atom is -0.481 e. The summed E-state index contributed by atoms with van der Waals surface area (Å²) >= 11 is 0. The van der Waals surface area contributed by atoms with E-state index in [9.17, 15) is 14.4 Å². The summed E-state index contributed by atoms with van der Waals surface area (Å²) in [6.45, 7) is 0. The predicted molar refractivity (Wildman–Crippen MR) is 130 cm³/mol. The topological polar surface area (TPSA) is 95.5 Å². The van der Waals surface area contributed by atoms with Gasteiger partial charge in [0.2, 0.25) is 11.8 Å². The van der Waals surface area contributed by atoms with Crippen molar-refractivity contribution in [3.8, 4) is 0 Å². The number of aliphatic carboxylic acids is 1. The molecule has 1 aliphatic rings. The van der Waals surface area contributed by atoms with Crippen molar-refractivity contribution >= 4 is 29.0 Å². The molecule has 1 saturated carbocycles. The molecule has 3 N–H and O–H groups in total. The molecule has 2 aromatic rings. The smallest absolute Gasteiger partial charge is 0.303 e. The second kappa shape index (κ2) is 12.6. The maximum atomic E-state index is 13.0. The summed E-state index contributed by atoms with van der Waals surface area (Å²) in [7, 11) is 0. The summed E-state index contributed by atoms with van der Waals surface area (Å²) in [5.41, 5.74) is 3.02. The normalized spacial score (nSPS) is 15.2. The summed E-state index contributed by atoms with van der Waals surface area (Å²) in [4.78, 5) is 35.7. The van der Waals surface area contributed by atoms with E-state index >= 15 is 0 Å². The Morgan fingerprint density at radius 3 is 2.21 bits per heavy atom. The molecule has 0 bridgehead atoms. The highest BCUT2D eigenvalue weighted by molar-refractivity contribution is 6.00. The first-order chi connectivity index (χ1) is 16.0. The van der Waals surface area contributed by atoms with E-state index in [0.717, 1.165) is 42.4 Å². The number of carboxylic acid groups (broad SMARTS) is 1. The SMILES string of the molecule is O=C(O)CCC(=O)Nc1cccc(C(=CC(=O)NC2CCCCCCC2)c2ccccc2)c1. The average molecular weight is 449 g/mol. The summed E-state index contributed by atoms with van der Waals surface area (Å²) < 4.78 is 0. The molecule has 2 amide bonds. The zero-order valence-electron chi connectivity index (χ0n) is 18.9. The van der Waals surface area contributed by atoms with Crippen molar-refractivity contribution in [2.75, 3.05) is 5.32 Å². The van der Waals surface area contributed by atoms with Crippen molar-refractivity contribution in [3.05, 3.63) is 71.8 Å². The van der Waals surface area contributed by atoms with E-state index in [0.29, 0.717) is 5.69 Å². The summed E-state index contributed by atoms with van der Waals surface area (Å²) in [5, 5.41) is 14.7. The molecule has 0 spiro atoms. The number of amides is 2. The van der Waals surface area contributed by atoms with Crippen LogP contribution in [0.1, 0.15) is 68.9 Å². The molecule has 0 atom stereocenters. The number of carbonyl (C=O) groups excluding carboxylic acids is 2. The first-order valence-electron chi connectivity index (χ1n) is 11.7. The van der Waals surface area contributed by atoms with Crippen molar-refractivity contribution in [1.29, 1.82) is 0 Å². The summed E-state index contributed by atoms with van der Waals surface area (Å²) in [6, 6.07) is 17.1. The maximum absolute atomic E-state index is 13.0. The fourth-order valence-corrected chi connectivity index (χ4v) is 4.13. The lowest BCUT2D eigenvalue weighted by Gasteiger charge is -2.20. The molecule has 0 unspecified atom stereocenters. The van der Waals surface area contributed by atoms with Gasteiger partial charge < -0.3 is 15.7 Å². The first kappa shape index (κ1) is 24.2. The van der Waals surface area contributed by atoms with Gasteiger partial charge in [0.1, 0.15) is 0 Å². The maximum Gasteiger partial charge on any atom is 0.303 e. The molecule has 33 heavy (non-hydrogen) atoms. The van der Waals surface area contributed by atoms with E-state index < -0.39 is 5.97 Å². The van der Waals surface area contributed by atoms with Crippen LogP contribution in [0.3, 0.4) is 0 Å². The zero-order valence-corrected chi connectivity index (χ0v) is 18.9. The van der Waals surface area contributed by atoms with Gasteiger partial charge >= 0.3 is 5.97 Å². The predicted octanol–water partition coefficient (Wildman–Crippen LogP) is 5.15. The minimum atomic E-state index is -1.01. The Bertz CT molecular complexity index is 977. The van der Waals surface area contributed by atoms with Crippen LogP contribution in [-0.4, -0.2) is 28.9 Å². The van der Waals surface area contributed by atoms with Gasteiger partial charge in [-0.3, -0.25) is 14.4 Å². The van der Waals surface area contributed by atoms with Crippen LogP contribution in [-0.2, 0) is 14.4 Å². The Morgan fingerprint density at radius 2 is 1.52 bits per heavy atom. The standard InChI is InChI=1S/C27H32N2O4/c30-25(16-17-27(32)33)29-23-15-9-12-21(18-23)24(20-10-5-4-6-11-20)19-26(31)28-22-13-7-2-1-3-8-14-22/h4-6,9-12,15,18-19,22H,1-3,7-8,13-14,16-17H2,(H,28,31)(H,29,30)(H,32,33). The molecule has 0 saturated heterocycles. The molecule has 0 aliphatic heterocycles. The van der Waals surface area contributed by atoms with Crippen molar-refractivity contribution in [2.24, 2.45) is 0 Å². The Kier molecular flexibility index (Phi) is 9.24. The molecular formula is C27H32N2O4. The number of hydrogen-bond donors (Lipinski definition) is 3. The van der Waals surface area contributed by atoms with E-state index in [1.165, 1.54) is 19.3 Å². The third kappa shape index (κ3) is 8.22. The quantitative estimate of drug-likeness (QED) is 0.487. The number of hydrogen-bond acceptors (Lipinski definition) is 3. The van der Waals surface area contributed by atoms with Crippen LogP contribution in [0.2, 0.25) is 0 Å². The molecule has 174 valence electrons. The van der Waals surface area contributed by atoms with Gasteiger partial charge in [-0.1, -0.05) is 74.6 Å². The van der Waals surface area contributed by atoms with Gasteiger partial charge in [0, 0.05) is 24.2 Å². The van der Waals surface area contributed by atoms with Crippen LogP contribution in [0, 0.1) is 0 Å². The van der Waals surface area contributed by atoms with Crippen LogP contribution < -0.4 is 10.6 Å². The molecule has 1 fully saturated rings. The van der Waals surface area contributed by atoms with Gasteiger partial charge in [-0.05, 0) is 41.7 Å². The van der Waals surface area contributed by atoms with Crippen molar-refractivity contribution < 1.29 is 19.5 Å². The second-order valence-corrected chi connectivity index (χ2v) is 8.50. The Balaban J connectivity index is 1.80. The van der Waals surface area contributed by atoms with E-state index in [1.807, 2.05) is 42.5 Å². The highest BCUT2D eigenvalue weighted by atomic mass is 16.4. The highest BCUT2D eigenvalue weighted by Crippen LogP contribution is 2.26. The van der Waals surface area contributed by atoms with Gasteiger partial charge in [-0.15, -0.1) is 0 Å². The summed E-state index contributed by atoms with van der Waals surface area (Å²) in [6.07, 6.45) is 9.36. The lowest BCUT2D eigenvalue weighted by Crippen LogP contribution is -2.34. The molecule has 6 nitrogen and oxygen atoms in total. The highest BCUT2D eigenvalue weighted by Gasteiger charge is 2.15. The lowest BCUT2D eigenvalue weighted by atomic mass is 9.95. The number of anilines is 1. The number of benzene rings is 2. The van der Waals surface area contributed by atoms with Gasteiger partial charge in [0.25, 0.3) is 0 Å². The molecule has 6 heteroatoms. The first-order valence-corrected chi connectivity index (χ1v) is 11.7. The number of carboxylic acids is 1. The second-order valence-electron chi connectivity index (χ2n) is 8.50. The fourth-order valence-electron chi connectivity index (χ4n) is 4.13. The van der Waals surface area contributed by atoms with E-state index in [2.05, 4.69) is 10.6 Å². The van der Waals surface area contributed by atoms with E-state index in [4.69, 9.17) is 5.11 Å².